The van der Waals surface area contributed by atoms with Gasteiger partial charge in [-0.25, -0.2) is 4.98 Å². The molecule has 21 heavy (non-hydrogen) atoms. The van der Waals surface area contributed by atoms with Crippen molar-refractivity contribution in [2.24, 2.45) is 0 Å². The Hall–Kier alpha value is -1.24. The van der Waals surface area contributed by atoms with Gasteiger partial charge in [0.1, 0.15) is 4.83 Å². The van der Waals surface area contributed by atoms with E-state index in [0.717, 1.165) is 43.7 Å². The number of thiophene rings is 1. The highest BCUT2D eigenvalue weighted by Gasteiger charge is 2.22. The van der Waals surface area contributed by atoms with Gasteiger partial charge in [-0.05, 0) is 11.1 Å². The smallest absolute Gasteiger partial charge is 0.263 e. The van der Waals surface area contributed by atoms with E-state index in [4.69, 9.17) is 0 Å². The first-order valence-corrected chi connectivity index (χ1v) is 9.08. The van der Waals surface area contributed by atoms with E-state index in [2.05, 4.69) is 29.7 Å². The van der Waals surface area contributed by atoms with Crippen molar-refractivity contribution in [1.29, 1.82) is 0 Å². The number of aromatic nitrogens is 2. The normalized spacial score (nSPS) is 13.8. The molecule has 1 aliphatic heterocycles. The van der Waals surface area contributed by atoms with E-state index in [1.165, 1.54) is 0 Å². The third kappa shape index (κ3) is 2.05. The Bertz CT molecular complexity index is 883. The predicted octanol–water partition coefficient (Wildman–Crippen LogP) is 3.66. The van der Waals surface area contributed by atoms with Crippen molar-refractivity contribution in [2.75, 3.05) is 5.75 Å². The fourth-order valence-corrected chi connectivity index (χ4v) is 5.24. The number of hydrogen-bond acceptors (Lipinski definition) is 5. The van der Waals surface area contributed by atoms with Crippen LogP contribution in [-0.4, -0.2) is 15.3 Å². The lowest BCUT2D eigenvalue weighted by Gasteiger charge is -2.03. The van der Waals surface area contributed by atoms with Crippen LogP contribution in [0.2, 0.25) is 0 Å². The van der Waals surface area contributed by atoms with Gasteiger partial charge in [0.25, 0.3) is 5.56 Å². The number of fused-ring (bicyclic) bond motifs is 2. The summed E-state index contributed by atoms with van der Waals surface area (Å²) < 4.78 is 1.79. The Morgan fingerprint density at radius 1 is 1.29 bits per heavy atom. The van der Waals surface area contributed by atoms with Crippen molar-refractivity contribution in [3.63, 3.8) is 0 Å². The summed E-state index contributed by atoms with van der Waals surface area (Å²) in [6.07, 6.45) is 0. The highest BCUT2D eigenvalue weighted by Crippen LogP contribution is 2.38. The van der Waals surface area contributed by atoms with E-state index >= 15 is 0 Å². The van der Waals surface area contributed by atoms with E-state index < -0.39 is 0 Å². The zero-order chi connectivity index (χ0) is 14.4. The molecule has 2 aromatic heterocycles. The van der Waals surface area contributed by atoms with Gasteiger partial charge >= 0.3 is 0 Å². The fraction of sp³-hybridized carbons (Fsp3) is 0.200. The molecular formula is C15H12N2OS3. The highest BCUT2D eigenvalue weighted by molar-refractivity contribution is 7.99. The highest BCUT2D eigenvalue weighted by atomic mass is 32.2. The number of thioether (sulfide) groups is 1. The molecular weight excluding hydrogens is 320 g/mol. The van der Waals surface area contributed by atoms with Crippen LogP contribution in [0.5, 0.6) is 0 Å². The van der Waals surface area contributed by atoms with Crippen molar-refractivity contribution in [3.05, 3.63) is 46.2 Å². The maximum Gasteiger partial charge on any atom is 0.263 e. The van der Waals surface area contributed by atoms with Gasteiger partial charge in [-0.1, -0.05) is 42.1 Å². The molecule has 0 N–H and O–H groups in total. The van der Waals surface area contributed by atoms with Crippen molar-refractivity contribution < 1.29 is 0 Å². The maximum absolute atomic E-state index is 12.7. The molecule has 3 heterocycles. The molecule has 1 aromatic carbocycles. The average Bonchev–Trinajstić information content (AvgIpc) is 3.12. The number of thiol groups is 1. The summed E-state index contributed by atoms with van der Waals surface area (Å²) >= 11 is 7.70. The van der Waals surface area contributed by atoms with E-state index in [0.29, 0.717) is 5.75 Å². The lowest BCUT2D eigenvalue weighted by molar-refractivity contribution is 0.669. The molecule has 0 amide bonds. The number of hydrogen-bond donors (Lipinski definition) is 1. The van der Waals surface area contributed by atoms with Crippen LogP contribution in [-0.2, 0) is 12.3 Å². The van der Waals surface area contributed by atoms with Gasteiger partial charge in [-0.15, -0.1) is 11.3 Å². The van der Waals surface area contributed by atoms with Gasteiger partial charge in [0.15, 0.2) is 5.16 Å². The molecule has 3 aromatic rings. The molecule has 106 valence electrons. The van der Waals surface area contributed by atoms with Crippen molar-refractivity contribution in [1.82, 2.24) is 9.55 Å². The standard InChI is InChI=1S/C15H12N2OS3/c18-14-11-10(8-19)12(9-4-2-1-3-5-9)21-13(11)16-15-17(14)6-7-20-15/h1-5,19H,6-8H2. The molecule has 0 aliphatic carbocycles. The summed E-state index contributed by atoms with van der Waals surface area (Å²) in [5, 5.41) is 1.60. The van der Waals surface area contributed by atoms with E-state index in [1.807, 2.05) is 18.2 Å². The third-order valence-corrected chi connectivity index (χ3v) is 6.06. The van der Waals surface area contributed by atoms with Crippen LogP contribution >= 0.6 is 35.7 Å². The van der Waals surface area contributed by atoms with E-state index in [9.17, 15) is 4.79 Å². The van der Waals surface area contributed by atoms with Crippen molar-refractivity contribution in [2.45, 2.75) is 17.5 Å². The third-order valence-electron chi connectivity index (χ3n) is 3.62. The largest absolute Gasteiger partial charge is 0.286 e. The van der Waals surface area contributed by atoms with Gasteiger partial charge in [-0.3, -0.25) is 9.36 Å². The van der Waals surface area contributed by atoms with Crippen LogP contribution in [0, 0.1) is 0 Å². The maximum atomic E-state index is 12.7. The average molecular weight is 332 g/mol. The number of benzene rings is 1. The Labute approximate surface area is 135 Å². The molecule has 4 rings (SSSR count). The lowest BCUT2D eigenvalue weighted by atomic mass is 10.1. The molecule has 0 bridgehead atoms. The van der Waals surface area contributed by atoms with Crippen LogP contribution in [0.15, 0.2) is 40.3 Å². The quantitative estimate of drug-likeness (QED) is 0.574. The molecule has 0 spiro atoms. The van der Waals surface area contributed by atoms with Crippen LogP contribution in [0.4, 0.5) is 0 Å². The molecule has 0 radical (unpaired) electrons. The summed E-state index contributed by atoms with van der Waals surface area (Å²) in [4.78, 5) is 19.4. The first-order valence-electron chi connectivity index (χ1n) is 6.65. The second kappa shape index (κ2) is 5.19. The van der Waals surface area contributed by atoms with Gasteiger partial charge in [-0.2, -0.15) is 12.6 Å². The summed E-state index contributed by atoms with van der Waals surface area (Å²) in [5.74, 6) is 1.48. The van der Waals surface area contributed by atoms with Gasteiger partial charge in [0.2, 0.25) is 0 Å². The fourth-order valence-electron chi connectivity index (χ4n) is 2.63. The molecule has 6 heteroatoms. The second-order valence-electron chi connectivity index (χ2n) is 4.81. The van der Waals surface area contributed by atoms with Crippen molar-refractivity contribution >= 4 is 45.9 Å². The molecule has 0 unspecified atom stereocenters. The van der Waals surface area contributed by atoms with Crippen LogP contribution in [0.1, 0.15) is 5.56 Å². The van der Waals surface area contributed by atoms with E-state index in [1.54, 1.807) is 27.7 Å². The Morgan fingerprint density at radius 2 is 2.10 bits per heavy atom. The summed E-state index contributed by atoms with van der Waals surface area (Å²) in [5.41, 5.74) is 2.22. The number of nitrogens with zero attached hydrogens (tertiary/aromatic N) is 2. The van der Waals surface area contributed by atoms with Crippen LogP contribution in [0.25, 0.3) is 20.7 Å². The molecule has 1 aliphatic rings. The van der Waals surface area contributed by atoms with Gasteiger partial charge in [0, 0.05) is 22.9 Å². The van der Waals surface area contributed by atoms with E-state index in [-0.39, 0.29) is 5.56 Å². The zero-order valence-corrected chi connectivity index (χ0v) is 13.6. The minimum absolute atomic E-state index is 0.0856. The SMILES string of the molecule is O=c1c2c(CS)c(-c3ccccc3)sc2nc2n1CCS2. The van der Waals surface area contributed by atoms with Gasteiger partial charge in [0.05, 0.1) is 5.39 Å². The first kappa shape index (κ1) is 13.4. The Morgan fingerprint density at radius 3 is 2.86 bits per heavy atom. The first-order chi connectivity index (χ1) is 10.3. The van der Waals surface area contributed by atoms with Crippen LogP contribution in [0.3, 0.4) is 0 Å². The molecule has 0 saturated heterocycles. The van der Waals surface area contributed by atoms with Crippen LogP contribution < -0.4 is 5.56 Å². The predicted molar refractivity (Wildman–Crippen MR) is 92.7 cm³/mol. The minimum atomic E-state index is 0.0856. The van der Waals surface area contributed by atoms with Crippen molar-refractivity contribution in [3.8, 4) is 10.4 Å². The summed E-state index contributed by atoms with van der Waals surface area (Å²) in [6.45, 7) is 0.754. The molecule has 0 atom stereocenters. The molecule has 3 nitrogen and oxygen atoms in total. The second-order valence-corrected chi connectivity index (χ2v) is 7.19. The Balaban J connectivity index is 2.07. The lowest BCUT2D eigenvalue weighted by Crippen LogP contribution is -2.20. The number of rotatable bonds is 2. The Kier molecular flexibility index (Phi) is 3.32. The zero-order valence-electron chi connectivity index (χ0n) is 11.1. The summed E-state index contributed by atoms with van der Waals surface area (Å²) in [7, 11) is 0. The molecule has 0 saturated carbocycles. The molecule has 0 fully saturated rings. The minimum Gasteiger partial charge on any atom is -0.286 e. The monoisotopic (exact) mass is 332 g/mol. The summed E-state index contributed by atoms with van der Waals surface area (Å²) in [6, 6.07) is 10.2. The topological polar surface area (TPSA) is 34.9 Å². The van der Waals surface area contributed by atoms with Gasteiger partial charge < -0.3 is 0 Å².